The quantitative estimate of drug-likeness (QED) is 0.125. The molecular weight excluding hydrogens is 456 g/mol. The molecule has 0 amide bonds. The van der Waals surface area contributed by atoms with E-state index >= 15 is 0 Å². The molecule has 4 nitrogen and oxygen atoms in total. The lowest BCUT2D eigenvalue weighted by molar-refractivity contribution is -0.174. The van der Waals surface area contributed by atoms with Crippen LogP contribution in [-0.2, 0) is 25.7 Å². The van der Waals surface area contributed by atoms with Crippen LogP contribution in [0.25, 0.3) is 0 Å². The van der Waals surface area contributed by atoms with E-state index < -0.39 is 17.4 Å². The number of benzene rings is 1. The first-order valence-corrected chi connectivity index (χ1v) is 12.9. The maximum atomic E-state index is 12.8. The van der Waals surface area contributed by atoms with E-state index in [0.29, 0.717) is 19.4 Å². The Balaban J connectivity index is 2.33. The number of unbranched alkanes of at least 4 members (excludes halogenated alkanes) is 9. The van der Waals surface area contributed by atoms with Crippen molar-refractivity contribution in [3.05, 3.63) is 34.3 Å². The van der Waals surface area contributed by atoms with Gasteiger partial charge in [-0.2, -0.15) is 0 Å². The molecule has 0 aliphatic heterocycles. The van der Waals surface area contributed by atoms with Gasteiger partial charge in [0.1, 0.15) is 6.61 Å². The summed E-state index contributed by atoms with van der Waals surface area (Å²) in [6, 6.07) is 7.59. The van der Waals surface area contributed by atoms with Crippen molar-refractivity contribution in [2.24, 2.45) is 5.41 Å². The van der Waals surface area contributed by atoms with Crippen LogP contribution in [0.15, 0.2) is 28.7 Å². The summed E-state index contributed by atoms with van der Waals surface area (Å²) < 4.78 is 11.9. The molecule has 0 radical (unpaired) electrons. The Morgan fingerprint density at radius 2 is 1.35 bits per heavy atom. The molecule has 0 heterocycles. The van der Waals surface area contributed by atoms with Crippen molar-refractivity contribution >= 4 is 27.9 Å². The summed E-state index contributed by atoms with van der Waals surface area (Å²) in [4.78, 5) is 25.6. The first-order valence-electron chi connectivity index (χ1n) is 12.1. The van der Waals surface area contributed by atoms with Gasteiger partial charge in [-0.1, -0.05) is 107 Å². The molecule has 31 heavy (non-hydrogen) atoms. The van der Waals surface area contributed by atoms with Crippen molar-refractivity contribution in [3.63, 3.8) is 0 Å². The number of carbonyl (C=O) groups is 2. The van der Waals surface area contributed by atoms with Crippen molar-refractivity contribution < 1.29 is 19.1 Å². The van der Waals surface area contributed by atoms with Crippen LogP contribution in [0.1, 0.15) is 103 Å². The molecule has 176 valence electrons. The van der Waals surface area contributed by atoms with Crippen molar-refractivity contribution in [2.45, 2.75) is 104 Å². The van der Waals surface area contributed by atoms with Crippen LogP contribution >= 0.6 is 15.9 Å². The van der Waals surface area contributed by atoms with Gasteiger partial charge < -0.3 is 9.47 Å². The second-order valence-electron chi connectivity index (χ2n) is 8.31. The zero-order chi connectivity index (χ0) is 23.0. The molecule has 0 aliphatic carbocycles. The van der Waals surface area contributed by atoms with E-state index in [-0.39, 0.29) is 6.61 Å². The number of hydrogen-bond donors (Lipinski definition) is 0. The summed E-state index contributed by atoms with van der Waals surface area (Å²) in [5.41, 5.74) is -0.340. The molecule has 0 aliphatic rings. The minimum absolute atomic E-state index is 0.145. The van der Waals surface area contributed by atoms with Crippen LogP contribution in [0.3, 0.4) is 0 Å². The van der Waals surface area contributed by atoms with Crippen molar-refractivity contribution in [3.8, 4) is 0 Å². The Bertz CT molecular complexity index is 640. The summed E-state index contributed by atoms with van der Waals surface area (Å²) in [7, 11) is 0. The standard InChI is InChI=1S/C26H41BrO4/c1-4-7-8-9-10-11-12-13-14-15-19-30-24(28)26(5-2,6-3)25(29)31-21-22-17-16-18-23(27)20-22/h16-18,20H,4-15,19,21H2,1-3H3. The monoisotopic (exact) mass is 496 g/mol. The highest BCUT2D eigenvalue weighted by Crippen LogP contribution is 2.31. The fourth-order valence-corrected chi connectivity index (χ4v) is 4.16. The summed E-state index contributed by atoms with van der Waals surface area (Å²) in [6.45, 7) is 6.43. The molecule has 0 saturated heterocycles. The number of carbonyl (C=O) groups excluding carboxylic acids is 2. The highest BCUT2D eigenvalue weighted by Gasteiger charge is 2.45. The lowest BCUT2D eigenvalue weighted by Gasteiger charge is -2.27. The molecule has 0 bridgehead atoms. The summed E-state index contributed by atoms with van der Waals surface area (Å²) in [6.07, 6.45) is 13.0. The number of ether oxygens (including phenoxy) is 2. The number of rotatable bonds is 17. The average Bonchev–Trinajstić information content (AvgIpc) is 2.77. The normalized spacial score (nSPS) is 11.4. The maximum absolute atomic E-state index is 12.8. The molecule has 5 heteroatoms. The van der Waals surface area contributed by atoms with Crippen molar-refractivity contribution in [2.75, 3.05) is 6.61 Å². The molecule has 0 unspecified atom stereocenters. The third kappa shape index (κ3) is 10.2. The van der Waals surface area contributed by atoms with E-state index in [9.17, 15) is 9.59 Å². The zero-order valence-corrected chi connectivity index (χ0v) is 21.3. The van der Waals surface area contributed by atoms with Crippen LogP contribution in [0.5, 0.6) is 0 Å². The van der Waals surface area contributed by atoms with Crippen LogP contribution in [0.4, 0.5) is 0 Å². The van der Waals surface area contributed by atoms with E-state index in [1.807, 2.05) is 38.1 Å². The number of esters is 2. The second kappa shape index (κ2) is 16.3. The Kier molecular flexibility index (Phi) is 14.5. The minimum Gasteiger partial charge on any atom is -0.465 e. The van der Waals surface area contributed by atoms with E-state index in [2.05, 4.69) is 22.9 Å². The van der Waals surface area contributed by atoms with E-state index in [1.165, 1.54) is 51.4 Å². The molecule has 0 fully saturated rings. The topological polar surface area (TPSA) is 52.6 Å². The molecule has 0 atom stereocenters. The third-order valence-electron chi connectivity index (χ3n) is 5.98. The SMILES string of the molecule is CCCCCCCCCCCCOC(=O)C(CC)(CC)C(=O)OCc1cccc(Br)c1. The Hall–Kier alpha value is -1.36. The predicted octanol–water partition coefficient (Wildman–Crippen LogP) is 7.76. The highest BCUT2D eigenvalue weighted by atomic mass is 79.9. The van der Waals surface area contributed by atoms with Gasteiger partial charge in [-0.3, -0.25) is 9.59 Å². The van der Waals surface area contributed by atoms with E-state index in [1.54, 1.807) is 0 Å². The van der Waals surface area contributed by atoms with Gasteiger partial charge in [0.2, 0.25) is 0 Å². The smallest absolute Gasteiger partial charge is 0.323 e. The van der Waals surface area contributed by atoms with Crippen molar-refractivity contribution in [1.82, 2.24) is 0 Å². The highest BCUT2D eigenvalue weighted by molar-refractivity contribution is 9.10. The van der Waals surface area contributed by atoms with Gasteiger partial charge in [-0.15, -0.1) is 0 Å². The number of hydrogen-bond acceptors (Lipinski definition) is 4. The summed E-state index contributed by atoms with van der Waals surface area (Å²) in [5, 5.41) is 0. The first-order chi connectivity index (χ1) is 15.0. The van der Waals surface area contributed by atoms with Gasteiger partial charge >= 0.3 is 11.9 Å². The third-order valence-corrected chi connectivity index (χ3v) is 6.47. The summed E-state index contributed by atoms with van der Waals surface area (Å²) >= 11 is 3.41. The maximum Gasteiger partial charge on any atom is 0.323 e. The van der Waals surface area contributed by atoms with E-state index in [0.717, 1.165) is 22.9 Å². The molecule has 0 N–H and O–H groups in total. The number of halogens is 1. The van der Waals surface area contributed by atoms with Gasteiger partial charge in [-0.25, -0.2) is 0 Å². The zero-order valence-electron chi connectivity index (χ0n) is 19.7. The Labute approximate surface area is 197 Å². The van der Waals surface area contributed by atoms with Gasteiger partial charge in [0, 0.05) is 4.47 Å². The molecular formula is C26H41BrO4. The Morgan fingerprint density at radius 3 is 1.90 bits per heavy atom. The second-order valence-corrected chi connectivity index (χ2v) is 9.23. The average molecular weight is 498 g/mol. The van der Waals surface area contributed by atoms with Crippen LogP contribution < -0.4 is 0 Å². The molecule has 0 aromatic heterocycles. The molecule has 0 spiro atoms. The molecule has 0 saturated carbocycles. The molecule has 1 aromatic rings. The summed E-state index contributed by atoms with van der Waals surface area (Å²) in [5.74, 6) is -0.946. The Morgan fingerprint density at radius 1 is 0.806 bits per heavy atom. The van der Waals surface area contributed by atoms with Crippen LogP contribution in [0, 0.1) is 5.41 Å². The fraction of sp³-hybridized carbons (Fsp3) is 0.692. The molecule has 1 rings (SSSR count). The first kappa shape index (κ1) is 27.7. The van der Waals surface area contributed by atoms with Crippen molar-refractivity contribution in [1.29, 1.82) is 0 Å². The van der Waals surface area contributed by atoms with Crippen LogP contribution in [0.2, 0.25) is 0 Å². The fourth-order valence-electron chi connectivity index (χ4n) is 3.72. The lowest BCUT2D eigenvalue weighted by atomic mass is 9.82. The van der Waals surface area contributed by atoms with E-state index in [4.69, 9.17) is 9.47 Å². The van der Waals surface area contributed by atoms with Crippen LogP contribution in [-0.4, -0.2) is 18.5 Å². The predicted molar refractivity (Wildman–Crippen MR) is 130 cm³/mol. The largest absolute Gasteiger partial charge is 0.465 e. The van der Waals surface area contributed by atoms with Gasteiger partial charge in [0.25, 0.3) is 0 Å². The van der Waals surface area contributed by atoms with Gasteiger partial charge in [0.15, 0.2) is 5.41 Å². The van der Waals surface area contributed by atoms with Gasteiger partial charge in [0.05, 0.1) is 6.61 Å². The lowest BCUT2D eigenvalue weighted by Crippen LogP contribution is -2.41. The minimum atomic E-state index is -1.22. The molecule has 1 aromatic carbocycles. The van der Waals surface area contributed by atoms with Gasteiger partial charge in [-0.05, 0) is 37.0 Å².